The maximum Gasteiger partial charge on any atom is 0.407 e. The van der Waals surface area contributed by atoms with Crippen molar-refractivity contribution in [1.82, 2.24) is 10.2 Å². The molecule has 22 heavy (non-hydrogen) atoms. The maximum atomic E-state index is 11.6. The van der Waals surface area contributed by atoms with E-state index < -0.39 is 0 Å². The van der Waals surface area contributed by atoms with Gasteiger partial charge in [0, 0.05) is 24.1 Å². The number of likely N-dealkylation sites (tertiary alicyclic amines) is 1. The minimum Gasteiger partial charge on any atom is -0.449 e. The lowest BCUT2D eigenvalue weighted by atomic mass is 10.0. The number of ether oxygens (including phenoxy) is 1. The third-order valence-corrected chi connectivity index (χ3v) is 6.56. The van der Waals surface area contributed by atoms with Crippen molar-refractivity contribution < 1.29 is 9.53 Å². The lowest BCUT2D eigenvalue weighted by Gasteiger charge is -2.14. The zero-order valence-corrected chi connectivity index (χ0v) is 15.9. The van der Waals surface area contributed by atoms with Gasteiger partial charge in [-0.15, -0.1) is 0 Å². The highest BCUT2D eigenvalue weighted by Crippen LogP contribution is 2.27. The molecule has 0 spiro atoms. The summed E-state index contributed by atoms with van der Waals surface area (Å²) in [7, 11) is 5.81. The molecule has 0 aliphatic carbocycles. The van der Waals surface area contributed by atoms with Gasteiger partial charge < -0.3 is 15.0 Å². The van der Waals surface area contributed by atoms with Gasteiger partial charge in [-0.25, -0.2) is 4.79 Å². The van der Waals surface area contributed by atoms with Crippen LogP contribution in [-0.2, 0) is 4.74 Å². The van der Waals surface area contributed by atoms with Crippen LogP contribution in [0.2, 0.25) is 0 Å². The molecule has 2 atom stereocenters. The van der Waals surface area contributed by atoms with Crippen LogP contribution in [0.3, 0.4) is 0 Å². The fraction of sp³-hybridized carbons (Fsp3) is 0.938. The number of nitrogens with zero attached hydrogens (tertiary/aromatic N) is 1. The van der Waals surface area contributed by atoms with E-state index in [0.29, 0.717) is 6.61 Å². The van der Waals surface area contributed by atoms with Crippen LogP contribution in [0.15, 0.2) is 0 Å². The van der Waals surface area contributed by atoms with Gasteiger partial charge in [0.15, 0.2) is 0 Å². The van der Waals surface area contributed by atoms with E-state index in [1.54, 1.807) is 0 Å². The number of hydrogen-bond acceptors (Lipinski definition) is 5. The quantitative estimate of drug-likeness (QED) is 0.451. The van der Waals surface area contributed by atoms with Crippen LogP contribution >= 0.6 is 21.6 Å². The average Bonchev–Trinajstić information content (AvgIpc) is 2.90. The van der Waals surface area contributed by atoms with Gasteiger partial charge in [0.25, 0.3) is 0 Å². The summed E-state index contributed by atoms with van der Waals surface area (Å²) in [4.78, 5) is 13.9. The van der Waals surface area contributed by atoms with Crippen molar-refractivity contribution in [2.75, 3.05) is 38.2 Å². The molecule has 0 aromatic heterocycles. The second-order valence-electron chi connectivity index (χ2n) is 6.05. The first-order valence-corrected chi connectivity index (χ1v) is 11.0. The van der Waals surface area contributed by atoms with E-state index >= 15 is 0 Å². The summed E-state index contributed by atoms with van der Waals surface area (Å²) in [6.07, 6.45) is 5.99. The number of alkyl carbamates (subject to hydrolysis) is 1. The van der Waals surface area contributed by atoms with Crippen molar-refractivity contribution in [1.29, 1.82) is 0 Å². The SMILES string of the molecule is CCCCC(CC)CSSCCOC(=O)N[C@H]1CCN(C)C1. The fourth-order valence-corrected chi connectivity index (χ4v) is 4.91. The Balaban J connectivity index is 1.95. The Morgan fingerprint density at radius 3 is 2.86 bits per heavy atom. The van der Waals surface area contributed by atoms with Crippen molar-refractivity contribution in [2.45, 2.75) is 52.0 Å². The Morgan fingerprint density at radius 2 is 2.23 bits per heavy atom. The number of hydrogen-bond donors (Lipinski definition) is 1. The molecule has 1 fully saturated rings. The van der Waals surface area contributed by atoms with E-state index in [1.807, 2.05) is 21.6 Å². The molecule has 1 aliphatic heterocycles. The van der Waals surface area contributed by atoms with Crippen molar-refractivity contribution in [3.63, 3.8) is 0 Å². The number of unbranched alkanes of at least 4 members (excludes halogenated alkanes) is 1. The van der Waals surface area contributed by atoms with Crippen LogP contribution in [0.1, 0.15) is 46.0 Å². The minimum atomic E-state index is -0.264. The summed E-state index contributed by atoms with van der Waals surface area (Å²) in [5.74, 6) is 2.91. The van der Waals surface area contributed by atoms with E-state index in [1.165, 1.54) is 31.4 Å². The molecule has 1 rings (SSSR count). The predicted molar refractivity (Wildman–Crippen MR) is 98.6 cm³/mol. The highest BCUT2D eigenvalue weighted by atomic mass is 33.1. The summed E-state index contributed by atoms with van der Waals surface area (Å²) in [6, 6.07) is 0.253. The topological polar surface area (TPSA) is 41.6 Å². The van der Waals surface area contributed by atoms with Crippen LogP contribution in [0.25, 0.3) is 0 Å². The van der Waals surface area contributed by atoms with E-state index in [2.05, 4.69) is 31.1 Å². The van der Waals surface area contributed by atoms with E-state index in [0.717, 1.165) is 31.2 Å². The number of carbonyl (C=O) groups excluding carboxylic acids is 1. The number of amides is 1. The summed E-state index contributed by atoms with van der Waals surface area (Å²) in [5, 5.41) is 2.93. The summed E-state index contributed by atoms with van der Waals surface area (Å²) in [6.45, 7) is 7.00. The molecule has 1 unspecified atom stereocenters. The Kier molecular flexibility index (Phi) is 11.2. The highest BCUT2D eigenvalue weighted by Gasteiger charge is 2.21. The fourth-order valence-electron chi connectivity index (χ4n) is 2.53. The van der Waals surface area contributed by atoms with Crippen LogP contribution < -0.4 is 5.32 Å². The van der Waals surface area contributed by atoms with Crippen LogP contribution in [0, 0.1) is 5.92 Å². The lowest BCUT2D eigenvalue weighted by molar-refractivity contribution is 0.149. The van der Waals surface area contributed by atoms with Gasteiger partial charge in [-0.3, -0.25) is 0 Å². The first-order chi connectivity index (χ1) is 10.7. The van der Waals surface area contributed by atoms with Crippen molar-refractivity contribution >= 4 is 27.7 Å². The first-order valence-electron chi connectivity index (χ1n) is 8.51. The summed E-state index contributed by atoms with van der Waals surface area (Å²) < 4.78 is 5.23. The monoisotopic (exact) mass is 348 g/mol. The molecular weight excluding hydrogens is 316 g/mol. The molecule has 6 heteroatoms. The third-order valence-electron chi connectivity index (χ3n) is 4.04. The van der Waals surface area contributed by atoms with Crippen LogP contribution in [0.4, 0.5) is 4.79 Å². The van der Waals surface area contributed by atoms with Gasteiger partial charge in [-0.2, -0.15) is 0 Å². The zero-order valence-electron chi connectivity index (χ0n) is 14.3. The smallest absolute Gasteiger partial charge is 0.407 e. The summed E-state index contributed by atoms with van der Waals surface area (Å²) in [5.41, 5.74) is 0. The predicted octanol–water partition coefficient (Wildman–Crippen LogP) is 4.01. The Bertz CT molecular complexity index is 306. The van der Waals surface area contributed by atoms with Gasteiger partial charge in [0.05, 0.1) is 0 Å². The molecule has 1 saturated heterocycles. The van der Waals surface area contributed by atoms with Gasteiger partial charge in [0.2, 0.25) is 0 Å². The van der Waals surface area contributed by atoms with E-state index in [9.17, 15) is 4.79 Å². The molecule has 1 heterocycles. The van der Waals surface area contributed by atoms with Crippen LogP contribution in [-0.4, -0.2) is 55.3 Å². The van der Waals surface area contributed by atoms with E-state index in [4.69, 9.17) is 4.74 Å². The van der Waals surface area contributed by atoms with Crippen molar-refractivity contribution in [3.8, 4) is 0 Å². The average molecular weight is 349 g/mol. The van der Waals surface area contributed by atoms with Gasteiger partial charge in [0.1, 0.15) is 6.61 Å². The second kappa shape index (κ2) is 12.4. The van der Waals surface area contributed by atoms with Crippen LogP contribution in [0.5, 0.6) is 0 Å². The second-order valence-corrected chi connectivity index (χ2v) is 8.68. The lowest BCUT2D eigenvalue weighted by Crippen LogP contribution is -2.37. The Morgan fingerprint density at radius 1 is 1.41 bits per heavy atom. The largest absolute Gasteiger partial charge is 0.449 e. The molecule has 0 bridgehead atoms. The molecule has 0 radical (unpaired) electrons. The standard InChI is InChI=1S/C16H32N2O2S2/c1-4-6-7-14(5-2)13-22-21-11-10-20-16(19)17-15-8-9-18(3)12-15/h14-15H,4-13H2,1-3H3,(H,17,19)/t14?,15-/m0/s1. The van der Waals surface area contributed by atoms with Gasteiger partial charge in [-0.1, -0.05) is 54.7 Å². The van der Waals surface area contributed by atoms with Gasteiger partial charge >= 0.3 is 6.09 Å². The molecule has 0 aromatic rings. The molecule has 1 amide bonds. The molecule has 0 aromatic carbocycles. The normalized spacial score (nSPS) is 20.0. The highest BCUT2D eigenvalue weighted by molar-refractivity contribution is 8.76. The molecular formula is C16H32N2O2S2. The molecule has 4 nitrogen and oxygen atoms in total. The number of likely N-dealkylation sites (N-methyl/N-ethyl adjacent to an activating group) is 1. The van der Waals surface area contributed by atoms with Crippen molar-refractivity contribution in [2.24, 2.45) is 5.92 Å². The number of carbonyl (C=O) groups is 1. The molecule has 1 aliphatic rings. The third kappa shape index (κ3) is 9.16. The molecule has 1 N–H and O–H groups in total. The minimum absolute atomic E-state index is 0.253. The number of nitrogens with one attached hydrogen (secondary N) is 1. The maximum absolute atomic E-state index is 11.6. The molecule has 130 valence electrons. The number of rotatable bonds is 11. The zero-order chi connectivity index (χ0) is 16.2. The van der Waals surface area contributed by atoms with Gasteiger partial charge in [-0.05, 0) is 32.4 Å². The summed E-state index contributed by atoms with van der Waals surface area (Å²) >= 11 is 0. The Labute approximate surface area is 143 Å². The van der Waals surface area contributed by atoms with Crippen molar-refractivity contribution in [3.05, 3.63) is 0 Å². The Hall–Kier alpha value is -0.0700. The first kappa shape index (κ1) is 20.0. The molecule has 0 saturated carbocycles. The van der Waals surface area contributed by atoms with E-state index in [-0.39, 0.29) is 12.1 Å².